The number of aromatic nitrogens is 2. The van der Waals surface area contributed by atoms with Gasteiger partial charge in [-0.15, -0.1) is 0 Å². The Bertz CT molecular complexity index is 669. The van der Waals surface area contributed by atoms with Crippen LogP contribution in [0.25, 0.3) is 0 Å². The normalized spacial score (nSPS) is 21.1. The van der Waals surface area contributed by atoms with Crippen molar-refractivity contribution in [2.75, 3.05) is 19.8 Å². The van der Waals surface area contributed by atoms with Crippen LogP contribution in [0, 0.1) is 6.92 Å². The molecule has 2 aromatic rings. The van der Waals surface area contributed by atoms with Crippen molar-refractivity contribution in [3.05, 3.63) is 64.1 Å². The molecule has 22 heavy (non-hydrogen) atoms. The first kappa shape index (κ1) is 14.9. The fraction of sp³-hybridized carbons (Fsp3) is 0.412. The van der Waals surface area contributed by atoms with Crippen molar-refractivity contribution in [2.24, 2.45) is 0 Å². The van der Waals surface area contributed by atoms with Crippen molar-refractivity contribution in [2.45, 2.75) is 25.4 Å². The molecule has 1 aromatic carbocycles. The Kier molecular flexibility index (Phi) is 4.65. The summed E-state index contributed by atoms with van der Waals surface area (Å²) in [5, 5.41) is 7.86. The molecule has 1 N–H and O–H groups in total. The molecule has 2 atom stereocenters. The first-order valence-corrected chi connectivity index (χ1v) is 7.65. The molecule has 0 bridgehead atoms. The Morgan fingerprint density at radius 1 is 1.23 bits per heavy atom. The van der Waals surface area contributed by atoms with Crippen LogP contribution in [-0.2, 0) is 11.2 Å². The predicted molar refractivity (Wildman–Crippen MR) is 85.0 cm³/mol. The summed E-state index contributed by atoms with van der Waals surface area (Å²) in [5.74, 6) is 0. The first-order valence-electron chi connectivity index (χ1n) is 7.65. The number of aryl methyl sites for hydroxylation is 1. The van der Waals surface area contributed by atoms with Crippen molar-refractivity contribution in [3.63, 3.8) is 0 Å². The zero-order valence-corrected chi connectivity index (χ0v) is 12.7. The van der Waals surface area contributed by atoms with Gasteiger partial charge in [-0.1, -0.05) is 30.3 Å². The first-order chi connectivity index (χ1) is 10.7. The Morgan fingerprint density at radius 2 is 2.05 bits per heavy atom. The maximum atomic E-state index is 12.0. The van der Waals surface area contributed by atoms with Crippen LogP contribution in [0.5, 0.6) is 0 Å². The quantitative estimate of drug-likeness (QED) is 0.905. The van der Waals surface area contributed by atoms with Crippen LogP contribution in [0.4, 0.5) is 0 Å². The summed E-state index contributed by atoms with van der Waals surface area (Å²) in [6, 6.07) is 13.8. The molecule has 1 saturated heterocycles. The molecule has 0 aliphatic carbocycles. The van der Waals surface area contributed by atoms with Gasteiger partial charge in [0.25, 0.3) is 5.56 Å². The lowest BCUT2D eigenvalue weighted by atomic mass is 10.1. The molecule has 0 spiro atoms. The number of benzene rings is 1. The highest BCUT2D eigenvalue weighted by molar-refractivity contribution is 5.14. The summed E-state index contributed by atoms with van der Waals surface area (Å²) in [4.78, 5) is 12.0. The maximum Gasteiger partial charge on any atom is 0.267 e. The van der Waals surface area contributed by atoms with E-state index < -0.39 is 0 Å². The molecule has 0 amide bonds. The van der Waals surface area contributed by atoms with Crippen molar-refractivity contribution >= 4 is 0 Å². The van der Waals surface area contributed by atoms with Crippen molar-refractivity contribution in [1.29, 1.82) is 0 Å². The fourth-order valence-corrected chi connectivity index (χ4v) is 2.78. The summed E-state index contributed by atoms with van der Waals surface area (Å²) in [5.41, 5.74) is 2.07. The van der Waals surface area contributed by atoms with E-state index in [1.165, 1.54) is 5.56 Å². The van der Waals surface area contributed by atoms with Gasteiger partial charge < -0.3 is 10.1 Å². The molecule has 1 aliphatic rings. The molecule has 1 fully saturated rings. The number of nitrogens with one attached hydrogen (secondary N) is 1. The SMILES string of the molecule is Cc1ccc(=O)n(C2COCC2NCCc2ccccc2)n1. The standard InChI is InChI=1S/C17H21N3O2/c1-13-7-8-17(21)20(19-13)16-12-22-11-15(16)18-10-9-14-5-3-2-4-6-14/h2-8,15-16,18H,9-12H2,1H3. The van der Waals surface area contributed by atoms with Crippen molar-refractivity contribution in [1.82, 2.24) is 15.1 Å². The van der Waals surface area contributed by atoms with E-state index in [2.05, 4.69) is 22.5 Å². The van der Waals surface area contributed by atoms with Gasteiger partial charge in [-0.05, 0) is 31.5 Å². The topological polar surface area (TPSA) is 56.1 Å². The minimum absolute atomic E-state index is 0.0387. The third-order valence-electron chi connectivity index (χ3n) is 3.99. The Balaban J connectivity index is 1.63. The van der Waals surface area contributed by atoms with Gasteiger partial charge in [-0.25, -0.2) is 4.68 Å². The molecule has 5 nitrogen and oxygen atoms in total. The van der Waals surface area contributed by atoms with Crippen LogP contribution in [0.1, 0.15) is 17.3 Å². The summed E-state index contributed by atoms with van der Waals surface area (Å²) in [6.45, 7) is 3.89. The van der Waals surface area contributed by atoms with Crippen molar-refractivity contribution in [3.8, 4) is 0 Å². The third kappa shape index (κ3) is 3.43. The second-order valence-corrected chi connectivity index (χ2v) is 5.66. The number of rotatable bonds is 5. The summed E-state index contributed by atoms with van der Waals surface area (Å²) >= 11 is 0. The highest BCUT2D eigenvalue weighted by Gasteiger charge is 2.30. The zero-order valence-electron chi connectivity index (χ0n) is 12.7. The van der Waals surface area contributed by atoms with E-state index in [9.17, 15) is 4.79 Å². The van der Waals surface area contributed by atoms with Gasteiger partial charge in [-0.3, -0.25) is 4.79 Å². The van der Waals surface area contributed by atoms with E-state index in [-0.39, 0.29) is 17.6 Å². The Hall–Kier alpha value is -1.98. The number of nitrogens with zero attached hydrogens (tertiary/aromatic N) is 2. The Morgan fingerprint density at radius 3 is 2.86 bits per heavy atom. The van der Waals surface area contributed by atoms with E-state index in [0.717, 1.165) is 18.7 Å². The van der Waals surface area contributed by atoms with Crippen LogP contribution < -0.4 is 10.9 Å². The Labute approximate surface area is 129 Å². The van der Waals surface area contributed by atoms with Crippen LogP contribution in [-0.4, -0.2) is 35.6 Å². The molecule has 2 heterocycles. The second-order valence-electron chi connectivity index (χ2n) is 5.66. The van der Waals surface area contributed by atoms with Crippen LogP contribution in [0.3, 0.4) is 0 Å². The van der Waals surface area contributed by atoms with Crippen LogP contribution in [0.2, 0.25) is 0 Å². The lowest BCUT2D eigenvalue weighted by Crippen LogP contribution is -2.42. The van der Waals surface area contributed by atoms with Crippen LogP contribution >= 0.6 is 0 Å². The minimum atomic E-state index is -0.0732. The predicted octanol–water partition coefficient (Wildman–Crippen LogP) is 1.32. The van der Waals surface area contributed by atoms with Crippen molar-refractivity contribution < 1.29 is 4.74 Å². The molecule has 1 aromatic heterocycles. The van der Waals surface area contributed by atoms with E-state index in [4.69, 9.17) is 4.74 Å². The molecule has 2 unspecified atom stereocenters. The zero-order chi connectivity index (χ0) is 15.4. The molecular formula is C17H21N3O2. The molecule has 0 saturated carbocycles. The van der Waals surface area contributed by atoms with Gasteiger partial charge in [0.15, 0.2) is 0 Å². The average Bonchev–Trinajstić information content (AvgIpc) is 2.99. The second kappa shape index (κ2) is 6.85. The van der Waals surface area contributed by atoms with Gasteiger partial charge in [0.1, 0.15) is 0 Å². The largest absolute Gasteiger partial charge is 0.377 e. The van der Waals surface area contributed by atoms with Gasteiger partial charge in [0.2, 0.25) is 0 Å². The lowest BCUT2D eigenvalue weighted by Gasteiger charge is -2.20. The van der Waals surface area contributed by atoms with Gasteiger partial charge in [-0.2, -0.15) is 5.10 Å². The monoisotopic (exact) mass is 299 g/mol. The van der Waals surface area contributed by atoms with Gasteiger partial charge in [0, 0.05) is 6.07 Å². The fourth-order valence-electron chi connectivity index (χ4n) is 2.78. The molecule has 116 valence electrons. The third-order valence-corrected chi connectivity index (χ3v) is 3.99. The van der Waals surface area contributed by atoms with E-state index in [1.807, 2.05) is 25.1 Å². The number of ether oxygens (including phenoxy) is 1. The highest BCUT2D eigenvalue weighted by Crippen LogP contribution is 2.17. The molecule has 0 radical (unpaired) electrons. The summed E-state index contributed by atoms with van der Waals surface area (Å²) < 4.78 is 7.12. The van der Waals surface area contributed by atoms with Crippen LogP contribution in [0.15, 0.2) is 47.3 Å². The van der Waals surface area contributed by atoms with Gasteiger partial charge >= 0.3 is 0 Å². The van der Waals surface area contributed by atoms with E-state index >= 15 is 0 Å². The number of hydrogen-bond acceptors (Lipinski definition) is 4. The number of hydrogen-bond donors (Lipinski definition) is 1. The van der Waals surface area contributed by atoms with Gasteiger partial charge in [0.05, 0.1) is 31.0 Å². The van der Waals surface area contributed by atoms with E-state index in [1.54, 1.807) is 16.8 Å². The summed E-state index contributed by atoms with van der Waals surface area (Å²) in [7, 11) is 0. The highest BCUT2D eigenvalue weighted by atomic mass is 16.5. The average molecular weight is 299 g/mol. The molecule has 3 rings (SSSR count). The summed E-state index contributed by atoms with van der Waals surface area (Å²) in [6.07, 6.45) is 0.959. The molecule has 1 aliphatic heterocycles. The minimum Gasteiger partial charge on any atom is -0.377 e. The molecular weight excluding hydrogens is 278 g/mol. The smallest absolute Gasteiger partial charge is 0.267 e. The maximum absolute atomic E-state index is 12.0. The van der Waals surface area contributed by atoms with E-state index in [0.29, 0.717) is 13.2 Å². The lowest BCUT2D eigenvalue weighted by molar-refractivity contribution is 0.181. The molecule has 5 heteroatoms.